The predicted octanol–water partition coefficient (Wildman–Crippen LogP) is 1.36. The monoisotopic (exact) mass is 345 g/mol. The molecule has 6 nitrogen and oxygen atoms in total. The van der Waals surface area contributed by atoms with E-state index >= 15 is 0 Å². The molecule has 1 aromatic carbocycles. The van der Waals surface area contributed by atoms with Gasteiger partial charge in [0, 0.05) is 44.4 Å². The van der Waals surface area contributed by atoms with Gasteiger partial charge in [-0.25, -0.2) is 9.37 Å². The van der Waals surface area contributed by atoms with Crippen molar-refractivity contribution in [2.24, 2.45) is 0 Å². The lowest BCUT2D eigenvalue weighted by molar-refractivity contribution is 0.231. The van der Waals surface area contributed by atoms with E-state index in [0.717, 1.165) is 37.4 Å². The Morgan fingerprint density at radius 3 is 2.71 bits per heavy atom. The number of hydrogen-bond acceptors (Lipinski definition) is 6. The molecule has 0 aliphatic carbocycles. The first kappa shape index (κ1) is 15.4. The first-order valence-corrected chi connectivity index (χ1v) is 8.59. The average molecular weight is 345 g/mol. The van der Waals surface area contributed by atoms with Crippen molar-refractivity contribution in [3.63, 3.8) is 0 Å². The number of piperazine rings is 1. The third-order valence-electron chi connectivity index (χ3n) is 3.98. The van der Waals surface area contributed by atoms with Crippen molar-refractivity contribution >= 4 is 16.3 Å². The van der Waals surface area contributed by atoms with Crippen LogP contribution in [0.15, 0.2) is 35.1 Å². The van der Waals surface area contributed by atoms with Crippen LogP contribution in [0.5, 0.6) is 0 Å². The van der Waals surface area contributed by atoms with E-state index in [0.29, 0.717) is 16.5 Å². The normalized spacial score (nSPS) is 15.9. The molecule has 8 heteroatoms. The van der Waals surface area contributed by atoms with Crippen LogP contribution in [0.2, 0.25) is 0 Å². The topological polar surface area (TPSA) is 62.5 Å². The van der Waals surface area contributed by atoms with Crippen molar-refractivity contribution in [3.05, 3.63) is 52.2 Å². The molecule has 24 heavy (non-hydrogen) atoms. The number of halogens is 1. The quantitative estimate of drug-likeness (QED) is 0.777. The zero-order valence-electron chi connectivity index (χ0n) is 12.9. The average Bonchev–Trinajstić information content (AvgIpc) is 3.01. The van der Waals surface area contributed by atoms with E-state index in [2.05, 4.69) is 20.3 Å². The second-order valence-corrected chi connectivity index (χ2v) is 6.68. The van der Waals surface area contributed by atoms with E-state index in [1.54, 1.807) is 18.2 Å². The lowest BCUT2D eigenvalue weighted by Gasteiger charge is -2.26. The Morgan fingerprint density at radius 1 is 1.21 bits per heavy atom. The van der Waals surface area contributed by atoms with Crippen LogP contribution in [-0.2, 0) is 6.54 Å². The molecular weight excluding hydrogens is 329 g/mol. The molecule has 0 unspecified atom stereocenters. The fourth-order valence-electron chi connectivity index (χ4n) is 2.74. The van der Waals surface area contributed by atoms with E-state index < -0.39 is 0 Å². The van der Waals surface area contributed by atoms with Gasteiger partial charge in [-0.2, -0.15) is 9.61 Å². The molecule has 3 aromatic rings. The standard InChI is InChI=1S/C16H16FN5OS/c17-12-3-1-11(2-4-12)15-20-22-14(23)9-13(19-16(22)24-15)10-21-7-5-18-6-8-21/h1-4,9,18H,5-8,10H2. The Kier molecular flexibility index (Phi) is 4.09. The number of rotatable bonds is 3. The lowest BCUT2D eigenvalue weighted by atomic mass is 10.2. The van der Waals surface area contributed by atoms with E-state index in [1.807, 2.05) is 0 Å². The van der Waals surface area contributed by atoms with Gasteiger partial charge in [-0.1, -0.05) is 11.3 Å². The molecule has 1 aliphatic heterocycles. The Morgan fingerprint density at radius 2 is 1.96 bits per heavy atom. The van der Waals surface area contributed by atoms with Gasteiger partial charge in [0.1, 0.15) is 10.8 Å². The summed E-state index contributed by atoms with van der Waals surface area (Å²) in [4.78, 5) is 19.7. The molecule has 2 aromatic heterocycles. The van der Waals surface area contributed by atoms with Gasteiger partial charge < -0.3 is 5.32 Å². The van der Waals surface area contributed by atoms with Crippen molar-refractivity contribution in [2.75, 3.05) is 26.2 Å². The van der Waals surface area contributed by atoms with Gasteiger partial charge in [0.05, 0.1) is 5.69 Å². The van der Waals surface area contributed by atoms with Gasteiger partial charge in [-0.15, -0.1) is 0 Å². The summed E-state index contributed by atoms with van der Waals surface area (Å²) in [6.45, 7) is 4.47. The number of aromatic nitrogens is 3. The molecule has 0 atom stereocenters. The third-order valence-corrected chi connectivity index (χ3v) is 4.94. The maximum atomic E-state index is 13.1. The second kappa shape index (κ2) is 6.39. The fourth-order valence-corrected chi connectivity index (χ4v) is 3.67. The number of nitrogens with zero attached hydrogens (tertiary/aromatic N) is 4. The Labute approximate surface area is 141 Å². The Balaban J connectivity index is 1.67. The van der Waals surface area contributed by atoms with Crippen LogP contribution >= 0.6 is 11.3 Å². The minimum atomic E-state index is -0.298. The minimum absolute atomic E-state index is 0.185. The molecule has 4 rings (SSSR count). The van der Waals surface area contributed by atoms with E-state index in [-0.39, 0.29) is 11.4 Å². The highest BCUT2D eigenvalue weighted by molar-refractivity contribution is 7.19. The highest BCUT2D eigenvalue weighted by Gasteiger charge is 2.14. The summed E-state index contributed by atoms with van der Waals surface area (Å²) in [5, 5.41) is 8.27. The summed E-state index contributed by atoms with van der Waals surface area (Å²) in [5.74, 6) is -0.298. The molecule has 1 saturated heterocycles. The van der Waals surface area contributed by atoms with Crippen LogP contribution in [0, 0.1) is 5.82 Å². The Hall–Kier alpha value is -2.16. The number of fused-ring (bicyclic) bond motifs is 1. The van der Waals surface area contributed by atoms with Crippen molar-refractivity contribution in [1.82, 2.24) is 24.8 Å². The maximum absolute atomic E-state index is 13.1. The SMILES string of the molecule is O=c1cc(CN2CCNCC2)nc2sc(-c3ccc(F)cc3)nn12. The maximum Gasteiger partial charge on any atom is 0.275 e. The van der Waals surface area contributed by atoms with Crippen LogP contribution in [0.25, 0.3) is 15.5 Å². The molecule has 0 amide bonds. The van der Waals surface area contributed by atoms with Gasteiger partial charge in [-0.05, 0) is 24.3 Å². The summed E-state index contributed by atoms with van der Waals surface area (Å²) in [6.07, 6.45) is 0. The molecule has 0 bridgehead atoms. The molecule has 1 aliphatic rings. The van der Waals surface area contributed by atoms with Crippen LogP contribution in [0.3, 0.4) is 0 Å². The van der Waals surface area contributed by atoms with Crippen LogP contribution in [0.1, 0.15) is 5.69 Å². The third kappa shape index (κ3) is 3.08. The predicted molar refractivity (Wildman–Crippen MR) is 90.7 cm³/mol. The zero-order chi connectivity index (χ0) is 16.5. The van der Waals surface area contributed by atoms with Crippen LogP contribution in [0.4, 0.5) is 4.39 Å². The molecule has 1 N–H and O–H groups in total. The smallest absolute Gasteiger partial charge is 0.275 e. The minimum Gasteiger partial charge on any atom is -0.314 e. The van der Waals surface area contributed by atoms with Gasteiger partial charge >= 0.3 is 0 Å². The van der Waals surface area contributed by atoms with Crippen molar-refractivity contribution < 1.29 is 4.39 Å². The molecular formula is C16H16FN5OS. The van der Waals surface area contributed by atoms with Crippen LogP contribution < -0.4 is 10.9 Å². The van der Waals surface area contributed by atoms with E-state index in [9.17, 15) is 9.18 Å². The highest BCUT2D eigenvalue weighted by Crippen LogP contribution is 2.24. The lowest BCUT2D eigenvalue weighted by Crippen LogP contribution is -2.43. The van der Waals surface area contributed by atoms with Crippen molar-refractivity contribution in [3.8, 4) is 10.6 Å². The first-order valence-electron chi connectivity index (χ1n) is 7.78. The van der Waals surface area contributed by atoms with Crippen molar-refractivity contribution in [1.29, 1.82) is 0 Å². The Bertz CT molecular complexity index is 914. The summed E-state index contributed by atoms with van der Waals surface area (Å²) in [7, 11) is 0. The first-order chi connectivity index (χ1) is 11.7. The number of nitrogens with one attached hydrogen (secondary N) is 1. The van der Waals surface area contributed by atoms with E-state index in [1.165, 1.54) is 28.0 Å². The molecule has 0 saturated carbocycles. The molecule has 124 valence electrons. The summed E-state index contributed by atoms with van der Waals surface area (Å²) in [5.41, 5.74) is 1.35. The fraction of sp³-hybridized carbons (Fsp3) is 0.312. The summed E-state index contributed by atoms with van der Waals surface area (Å²) >= 11 is 1.33. The molecule has 0 spiro atoms. The highest BCUT2D eigenvalue weighted by atomic mass is 32.1. The number of benzene rings is 1. The molecule has 1 fully saturated rings. The van der Waals surface area contributed by atoms with E-state index in [4.69, 9.17) is 0 Å². The van der Waals surface area contributed by atoms with Crippen LogP contribution in [-0.4, -0.2) is 45.7 Å². The largest absolute Gasteiger partial charge is 0.314 e. The molecule has 3 heterocycles. The van der Waals surface area contributed by atoms with Gasteiger partial charge in [0.25, 0.3) is 5.56 Å². The van der Waals surface area contributed by atoms with Gasteiger partial charge in [0.15, 0.2) is 0 Å². The summed E-state index contributed by atoms with van der Waals surface area (Å²) in [6, 6.07) is 7.61. The van der Waals surface area contributed by atoms with Gasteiger partial charge in [0.2, 0.25) is 4.96 Å². The molecule has 0 radical (unpaired) electrons. The zero-order valence-corrected chi connectivity index (χ0v) is 13.7. The number of hydrogen-bond donors (Lipinski definition) is 1. The van der Waals surface area contributed by atoms with Crippen molar-refractivity contribution in [2.45, 2.75) is 6.54 Å². The summed E-state index contributed by atoms with van der Waals surface area (Å²) < 4.78 is 14.4. The van der Waals surface area contributed by atoms with Gasteiger partial charge in [-0.3, -0.25) is 9.69 Å². The second-order valence-electron chi connectivity index (χ2n) is 5.72.